The molecule has 158 valence electrons. The number of allylic oxidation sites excluding steroid dienone is 1. The maximum Gasteiger partial charge on any atom is 0.311 e. The highest BCUT2D eigenvalue weighted by molar-refractivity contribution is 6.01. The van der Waals surface area contributed by atoms with Gasteiger partial charge in [0.25, 0.3) is 0 Å². The van der Waals surface area contributed by atoms with E-state index in [1.54, 1.807) is 17.0 Å². The number of anilines is 1. The van der Waals surface area contributed by atoms with Crippen molar-refractivity contribution < 1.29 is 19.1 Å². The molecule has 1 amide bonds. The van der Waals surface area contributed by atoms with Crippen LogP contribution in [0.1, 0.15) is 40.7 Å². The normalized spacial score (nSPS) is 16.0. The number of Topliss-reactive ketones (excluding diaryl/α,β-unsaturated/α-hetero) is 1. The number of carbonyl (C=O) groups excluding carboxylic acids is 3. The fraction of sp³-hybridized carbons (Fsp3) is 0.375. The molecular formula is C24H28N2O4. The van der Waals surface area contributed by atoms with Crippen molar-refractivity contribution in [2.75, 3.05) is 18.1 Å². The zero-order chi connectivity index (χ0) is 21.8. The average Bonchev–Trinajstić information content (AvgIpc) is 3.27. The van der Waals surface area contributed by atoms with Gasteiger partial charge in [0.05, 0.1) is 5.92 Å². The number of carbonyl (C=O) groups is 3. The van der Waals surface area contributed by atoms with E-state index in [9.17, 15) is 14.4 Å². The summed E-state index contributed by atoms with van der Waals surface area (Å²) in [6.45, 7) is 10.1. The number of esters is 1. The van der Waals surface area contributed by atoms with Gasteiger partial charge < -0.3 is 14.2 Å². The van der Waals surface area contributed by atoms with Gasteiger partial charge in [0.1, 0.15) is 0 Å². The van der Waals surface area contributed by atoms with Gasteiger partial charge in [0, 0.05) is 42.1 Å². The maximum absolute atomic E-state index is 12.6. The molecule has 30 heavy (non-hydrogen) atoms. The Bertz CT molecular complexity index is 972. The van der Waals surface area contributed by atoms with Crippen LogP contribution in [0.2, 0.25) is 0 Å². The summed E-state index contributed by atoms with van der Waals surface area (Å²) in [5.74, 6) is -1.43. The van der Waals surface area contributed by atoms with Crippen LogP contribution in [-0.2, 0) is 27.3 Å². The lowest BCUT2D eigenvalue weighted by Crippen LogP contribution is -2.27. The number of hydrogen-bond acceptors (Lipinski definition) is 4. The Morgan fingerprint density at radius 2 is 1.93 bits per heavy atom. The van der Waals surface area contributed by atoms with Crippen molar-refractivity contribution in [3.63, 3.8) is 0 Å². The molecule has 0 aliphatic carbocycles. The number of aryl methyl sites for hydroxylation is 2. The topological polar surface area (TPSA) is 68.6 Å². The minimum Gasteiger partial charge on any atom is -0.457 e. The molecule has 0 bridgehead atoms. The first kappa shape index (κ1) is 21.6. The van der Waals surface area contributed by atoms with Crippen molar-refractivity contribution in [1.82, 2.24) is 4.57 Å². The third-order valence-electron chi connectivity index (χ3n) is 5.65. The number of nitrogens with zero attached hydrogens (tertiary/aromatic N) is 2. The Balaban J connectivity index is 1.60. The highest BCUT2D eigenvalue weighted by Crippen LogP contribution is 2.26. The summed E-state index contributed by atoms with van der Waals surface area (Å²) in [5, 5.41) is 0. The van der Waals surface area contributed by atoms with Crippen LogP contribution in [0.25, 0.3) is 0 Å². The third kappa shape index (κ3) is 4.37. The predicted molar refractivity (Wildman–Crippen MR) is 116 cm³/mol. The molecule has 3 rings (SSSR count). The minimum absolute atomic E-state index is 0.0937. The number of ether oxygens (including phenoxy) is 1. The summed E-state index contributed by atoms with van der Waals surface area (Å²) in [4.78, 5) is 39.1. The van der Waals surface area contributed by atoms with Gasteiger partial charge in [-0.1, -0.05) is 25.1 Å². The second-order valence-corrected chi connectivity index (χ2v) is 7.64. The second kappa shape index (κ2) is 9.11. The first-order chi connectivity index (χ1) is 14.3. The number of hydrogen-bond donors (Lipinski definition) is 0. The van der Waals surface area contributed by atoms with Gasteiger partial charge in [-0.2, -0.15) is 0 Å². The summed E-state index contributed by atoms with van der Waals surface area (Å²) < 4.78 is 7.26. The van der Waals surface area contributed by atoms with Crippen molar-refractivity contribution in [2.45, 2.75) is 40.2 Å². The Morgan fingerprint density at radius 3 is 2.57 bits per heavy atom. The number of ketones is 1. The fourth-order valence-electron chi connectivity index (χ4n) is 3.85. The van der Waals surface area contributed by atoms with Gasteiger partial charge in [-0.3, -0.25) is 14.4 Å². The van der Waals surface area contributed by atoms with E-state index in [1.165, 1.54) is 5.56 Å². The predicted octanol–water partition coefficient (Wildman–Crippen LogP) is 3.63. The monoisotopic (exact) mass is 408 g/mol. The van der Waals surface area contributed by atoms with Gasteiger partial charge in [-0.15, -0.1) is 6.58 Å². The Labute approximate surface area is 177 Å². The summed E-state index contributed by atoms with van der Waals surface area (Å²) in [6, 6.07) is 9.56. The second-order valence-electron chi connectivity index (χ2n) is 7.64. The van der Waals surface area contributed by atoms with Crippen LogP contribution < -0.4 is 4.90 Å². The van der Waals surface area contributed by atoms with Crippen LogP contribution >= 0.6 is 0 Å². The lowest BCUT2D eigenvalue weighted by Gasteiger charge is -2.17. The van der Waals surface area contributed by atoms with Crippen molar-refractivity contribution >= 4 is 23.3 Å². The number of rotatable bonds is 8. The Hall–Kier alpha value is -3.15. The fourth-order valence-corrected chi connectivity index (χ4v) is 3.85. The highest BCUT2D eigenvalue weighted by Gasteiger charge is 2.36. The molecule has 1 aliphatic rings. The van der Waals surface area contributed by atoms with Crippen molar-refractivity contribution in [3.05, 3.63) is 65.5 Å². The van der Waals surface area contributed by atoms with Crippen molar-refractivity contribution in [1.29, 1.82) is 0 Å². The largest absolute Gasteiger partial charge is 0.457 e. The van der Waals surface area contributed by atoms with E-state index in [1.807, 2.05) is 42.7 Å². The van der Waals surface area contributed by atoms with E-state index in [0.717, 1.165) is 23.5 Å². The van der Waals surface area contributed by atoms with E-state index in [4.69, 9.17) is 4.74 Å². The van der Waals surface area contributed by atoms with Gasteiger partial charge >= 0.3 is 5.97 Å². The van der Waals surface area contributed by atoms with Crippen LogP contribution in [0, 0.1) is 19.8 Å². The Kier molecular flexibility index (Phi) is 6.55. The molecule has 1 saturated heterocycles. The summed E-state index contributed by atoms with van der Waals surface area (Å²) in [6.07, 6.45) is 2.79. The molecule has 2 heterocycles. The van der Waals surface area contributed by atoms with Gasteiger partial charge in [-0.25, -0.2) is 0 Å². The van der Waals surface area contributed by atoms with Crippen LogP contribution in [0.4, 0.5) is 5.69 Å². The molecule has 2 aromatic rings. The van der Waals surface area contributed by atoms with Crippen molar-refractivity contribution in [3.8, 4) is 0 Å². The van der Waals surface area contributed by atoms with E-state index >= 15 is 0 Å². The van der Waals surface area contributed by atoms with Crippen LogP contribution in [-0.4, -0.2) is 35.4 Å². The molecule has 0 unspecified atom stereocenters. The maximum atomic E-state index is 12.6. The zero-order valence-electron chi connectivity index (χ0n) is 17.8. The van der Waals surface area contributed by atoms with Crippen LogP contribution in [0.5, 0.6) is 0 Å². The average molecular weight is 408 g/mol. The van der Waals surface area contributed by atoms with Crippen LogP contribution in [0.3, 0.4) is 0 Å². The minimum atomic E-state index is -0.565. The first-order valence-corrected chi connectivity index (χ1v) is 10.2. The SMILES string of the molecule is C=CCn1c(C)cc(C(=O)COC(=O)[C@H]2CC(=O)N(c3ccc(CC)cc3)C2)c1C. The quantitative estimate of drug-likeness (QED) is 0.380. The Morgan fingerprint density at radius 1 is 1.23 bits per heavy atom. The molecule has 1 atom stereocenters. The van der Waals surface area contributed by atoms with E-state index in [-0.39, 0.29) is 31.3 Å². The number of benzene rings is 1. The molecule has 1 aromatic carbocycles. The number of aromatic nitrogens is 1. The molecule has 0 radical (unpaired) electrons. The molecule has 1 aromatic heterocycles. The molecule has 1 aliphatic heterocycles. The van der Waals surface area contributed by atoms with E-state index < -0.39 is 11.9 Å². The molecule has 0 saturated carbocycles. The highest BCUT2D eigenvalue weighted by atomic mass is 16.5. The van der Waals surface area contributed by atoms with Gasteiger partial charge in [0.2, 0.25) is 11.7 Å². The smallest absolute Gasteiger partial charge is 0.311 e. The lowest BCUT2D eigenvalue weighted by atomic mass is 10.1. The van der Waals surface area contributed by atoms with E-state index in [0.29, 0.717) is 12.1 Å². The molecule has 0 spiro atoms. The van der Waals surface area contributed by atoms with E-state index in [2.05, 4.69) is 13.5 Å². The van der Waals surface area contributed by atoms with Gasteiger partial charge in [0.15, 0.2) is 6.61 Å². The third-order valence-corrected chi connectivity index (χ3v) is 5.65. The molecule has 0 N–H and O–H groups in total. The molecular weight excluding hydrogens is 380 g/mol. The van der Waals surface area contributed by atoms with Crippen molar-refractivity contribution in [2.24, 2.45) is 5.92 Å². The summed E-state index contributed by atoms with van der Waals surface area (Å²) >= 11 is 0. The molecule has 6 heteroatoms. The zero-order valence-corrected chi connectivity index (χ0v) is 17.8. The van der Waals surface area contributed by atoms with Gasteiger partial charge in [-0.05, 0) is 44.0 Å². The lowest BCUT2D eigenvalue weighted by molar-refractivity contribution is -0.147. The first-order valence-electron chi connectivity index (χ1n) is 10.2. The summed E-state index contributed by atoms with van der Waals surface area (Å²) in [7, 11) is 0. The molecule has 6 nitrogen and oxygen atoms in total. The summed E-state index contributed by atoms with van der Waals surface area (Å²) in [5.41, 5.74) is 4.28. The van der Waals surface area contributed by atoms with Crippen LogP contribution in [0.15, 0.2) is 43.0 Å². The standard InChI is InChI=1S/C24H28N2O4/c1-5-11-25-16(3)12-21(17(25)4)22(27)15-30-24(29)19-13-23(28)26(14-19)20-9-7-18(6-2)8-10-20/h5,7-10,12,19H,1,6,11,13-15H2,2-4H3/t19-/m0/s1. The number of amides is 1. The molecule has 1 fully saturated rings.